The molecule has 0 bridgehead atoms. The second-order valence-corrected chi connectivity index (χ2v) is 11.7. The molecule has 3 fully saturated rings. The van der Waals surface area contributed by atoms with Gasteiger partial charge in [0.2, 0.25) is 17.7 Å². The van der Waals surface area contributed by atoms with E-state index in [1.54, 1.807) is 33.1 Å². The maximum Gasteiger partial charge on any atom is 0.243 e. The van der Waals surface area contributed by atoms with E-state index < -0.39 is 52.8 Å². The quantitative estimate of drug-likeness (QED) is 0.274. The fourth-order valence-electron chi connectivity index (χ4n) is 6.01. The first kappa shape index (κ1) is 29.0. The fourth-order valence-corrected chi connectivity index (χ4v) is 6.01. The van der Waals surface area contributed by atoms with Gasteiger partial charge in [-0.05, 0) is 49.8 Å². The molecule has 10 heteroatoms. The maximum atomic E-state index is 13.7. The lowest BCUT2D eigenvalue weighted by molar-refractivity contribution is -0.156. The Balaban J connectivity index is 1.53. The van der Waals surface area contributed by atoms with Gasteiger partial charge in [-0.25, -0.2) is 0 Å². The van der Waals surface area contributed by atoms with E-state index in [1.165, 1.54) is 0 Å². The van der Waals surface area contributed by atoms with Crippen LogP contribution in [0.1, 0.15) is 64.4 Å². The first-order chi connectivity index (χ1) is 18.5. The lowest BCUT2D eigenvalue weighted by atomic mass is 9.59. The molecule has 2 aliphatic carbocycles. The molecular weight excluding hydrogens is 502 g/mol. The summed E-state index contributed by atoms with van der Waals surface area (Å²) in [6.07, 6.45) is 4.45. The predicted octanol–water partition coefficient (Wildman–Crippen LogP) is 1.41. The zero-order valence-corrected chi connectivity index (χ0v) is 23.0. The van der Waals surface area contributed by atoms with Crippen LogP contribution in [-0.2, 0) is 30.3 Å². The third-order valence-electron chi connectivity index (χ3n) is 8.92. The van der Waals surface area contributed by atoms with Crippen molar-refractivity contribution in [3.8, 4) is 5.75 Å². The number of nitrogens with two attached hydrogens (primary N) is 1. The normalized spacial score (nSPS) is 28.5. The van der Waals surface area contributed by atoms with E-state index in [2.05, 4.69) is 10.6 Å². The number of carbonyl (C=O) groups excluding carboxylic acids is 4. The number of benzene rings is 1. The largest absolute Gasteiger partial charge is 0.497 e. The van der Waals surface area contributed by atoms with Crippen molar-refractivity contribution in [1.29, 1.82) is 0 Å². The molecule has 214 valence electrons. The Morgan fingerprint density at radius 3 is 2.18 bits per heavy atom. The van der Waals surface area contributed by atoms with E-state index >= 15 is 0 Å². The number of hydrogen-bond acceptors (Lipinski definition) is 7. The molecule has 1 aromatic rings. The summed E-state index contributed by atoms with van der Waals surface area (Å²) in [6, 6.07) is 5.42. The van der Waals surface area contributed by atoms with Crippen LogP contribution in [0.5, 0.6) is 5.75 Å². The molecule has 0 spiro atoms. The van der Waals surface area contributed by atoms with Gasteiger partial charge in [0.15, 0.2) is 5.78 Å². The SMILES string of the molecule is COc1ccc(C[C@H](NC(=O)[C@H](C)C2(C(N)=O)CC(O)C2)C(=O)N[C@@H](CC2CCCC2)C(=O)[C@@]2(C)CO2)cc1. The first-order valence-electron chi connectivity index (χ1n) is 13.9. The van der Waals surface area contributed by atoms with Crippen molar-refractivity contribution in [2.75, 3.05) is 13.7 Å². The van der Waals surface area contributed by atoms with Crippen molar-refractivity contribution in [1.82, 2.24) is 10.6 Å². The molecule has 4 atom stereocenters. The molecule has 5 N–H and O–H groups in total. The number of rotatable bonds is 13. The number of nitrogens with one attached hydrogen (secondary N) is 2. The van der Waals surface area contributed by atoms with Crippen LogP contribution in [0.2, 0.25) is 0 Å². The molecule has 1 aliphatic heterocycles. The minimum absolute atomic E-state index is 0.100. The van der Waals surface area contributed by atoms with Crippen LogP contribution >= 0.6 is 0 Å². The maximum absolute atomic E-state index is 13.7. The lowest BCUT2D eigenvalue weighted by Gasteiger charge is -2.46. The van der Waals surface area contributed by atoms with Gasteiger partial charge in [-0.3, -0.25) is 19.2 Å². The molecule has 0 aromatic heterocycles. The average molecular weight is 544 g/mol. The molecule has 0 radical (unpaired) electrons. The lowest BCUT2D eigenvalue weighted by Crippen LogP contribution is -2.60. The first-order valence-corrected chi connectivity index (χ1v) is 13.9. The zero-order valence-electron chi connectivity index (χ0n) is 23.0. The molecule has 1 heterocycles. The highest BCUT2D eigenvalue weighted by molar-refractivity contribution is 5.98. The van der Waals surface area contributed by atoms with Crippen LogP contribution in [0, 0.1) is 17.3 Å². The Bertz CT molecular complexity index is 1070. The highest BCUT2D eigenvalue weighted by Crippen LogP contribution is 2.47. The molecule has 3 aliphatic rings. The van der Waals surface area contributed by atoms with E-state index in [-0.39, 0.29) is 25.0 Å². The van der Waals surface area contributed by atoms with Gasteiger partial charge < -0.3 is 30.9 Å². The van der Waals surface area contributed by atoms with Crippen LogP contribution in [0.3, 0.4) is 0 Å². The molecule has 1 saturated heterocycles. The Morgan fingerprint density at radius 2 is 1.67 bits per heavy atom. The molecule has 4 rings (SSSR count). The molecule has 39 heavy (non-hydrogen) atoms. The highest BCUT2D eigenvalue weighted by atomic mass is 16.6. The minimum atomic E-state index is -1.16. The number of carbonyl (C=O) groups is 4. The summed E-state index contributed by atoms with van der Waals surface area (Å²) in [5, 5.41) is 15.6. The van der Waals surface area contributed by atoms with Crippen LogP contribution in [-0.4, -0.2) is 66.1 Å². The summed E-state index contributed by atoms with van der Waals surface area (Å²) < 4.78 is 10.6. The molecule has 0 unspecified atom stereocenters. The van der Waals surface area contributed by atoms with Gasteiger partial charge in [-0.2, -0.15) is 0 Å². The molecule has 3 amide bonds. The van der Waals surface area contributed by atoms with Crippen molar-refractivity contribution >= 4 is 23.5 Å². The highest BCUT2D eigenvalue weighted by Gasteiger charge is 2.55. The number of Topliss-reactive ketones (excluding diaryl/α,β-unsaturated/α-hetero) is 1. The monoisotopic (exact) mass is 543 g/mol. The van der Waals surface area contributed by atoms with Gasteiger partial charge in [0.1, 0.15) is 17.4 Å². The third-order valence-corrected chi connectivity index (χ3v) is 8.92. The summed E-state index contributed by atoms with van der Waals surface area (Å²) in [5.74, 6) is -1.63. The third kappa shape index (κ3) is 6.44. The standard InChI is InChI=1S/C29H41N3O7/c1-17(29(27(30)37)14-20(33)15-29)25(35)32-23(13-19-8-10-21(38-3)11-9-19)26(36)31-22(12-18-6-4-5-7-18)24(34)28(2)16-39-28/h8-11,17-18,20,22-23,33H,4-7,12-16H2,1-3H3,(H2,30,37)(H,31,36)(H,32,35)/t17-,20?,22-,23-,28+,29?/m0/s1. The minimum Gasteiger partial charge on any atom is -0.497 e. The van der Waals surface area contributed by atoms with E-state index in [0.29, 0.717) is 24.7 Å². The second kappa shape index (κ2) is 11.6. The van der Waals surface area contributed by atoms with Crippen LogP contribution in [0.25, 0.3) is 0 Å². The number of ether oxygens (including phenoxy) is 2. The smallest absolute Gasteiger partial charge is 0.243 e. The van der Waals surface area contributed by atoms with E-state index in [9.17, 15) is 24.3 Å². The summed E-state index contributed by atoms with van der Waals surface area (Å²) >= 11 is 0. The fraction of sp³-hybridized carbons (Fsp3) is 0.655. The summed E-state index contributed by atoms with van der Waals surface area (Å²) in [4.78, 5) is 52.6. The Hall–Kier alpha value is -2.98. The topological polar surface area (TPSA) is 160 Å². The zero-order chi connectivity index (χ0) is 28.4. The molecule has 1 aromatic carbocycles. The number of methoxy groups -OCH3 is 1. The van der Waals surface area contributed by atoms with Crippen LogP contribution in [0.4, 0.5) is 0 Å². The summed E-state index contributed by atoms with van der Waals surface area (Å²) in [6.45, 7) is 3.65. The van der Waals surface area contributed by atoms with Crippen molar-refractivity contribution in [3.05, 3.63) is 29.8 Å². The van der Waals surface area contributed by atoms with E-state index in [0.717, 1.165) is 31.2 Å². The van der Waals surface area contributed by atoms with Gasteiger partial charge in [0.05, 0.1) is 31.3 Å². The summed E-state index contributed by atoms with van der Waals surface area (Å²) in [7, 11) is 1.56. The van der Waals surface area contributed by atoms with Gasteiger partial charge in [0.25, 0.3) is 0 Å². The van der Waals surface area contributed by atoms with Crippen molar-refractivity contribution in [2.24, 2.45) is 23.0 Å². The number of amides is 3. The number of ketones is 1. The number of hydrogen-bond donors (Lipinski definition) is 4. The molecule has 10 nitrogen and oxygen atoms in total. The number of aliphatic hydroxyl groups is 1. The Morgan fingerprint density at radius 1 is 1.08 bits per heavy atom. The van der Waals surface area contributed by atoms with E-state index in [1.807, 2.05) is 12.1 Å². The van der Waals surface area contributed by atoms with Crippen molar-refractivity contribution < 1.29 is 33.8 Å². The average Bonchev–Trinajstić information content (AvgIpc) is 3.43. The van der Waals surface area contributed by atoms with Gasteiger partial charge in [-0.1, -0.05) is 44.7 Å². The Labute approximate surface area is 229 Å². The number of aliphatic hydroxyl groups excluding tert-OH is 1. The van der Waals surface area contributed by atoms with Crippen molar-refractivity contribution in [3.63, 3.8) is 0 Å². The van der Waals surface area contributed by atoms with Gasteiger partial charge in [-0.15, -0.1) is 0 Å². The molecule has 2 saturated carbocycles. The van der Waals surface area contributed by atoms with Gasteiger partial charge >= 0.3 is 0 Å². The Kier molecular flexibility index (Phi) is 8.66. The van der Waals surface area contributed by atoms with E-state index in [4.69, 9.17) is 15.2 Å². The summed E-state index contributed by atoms with van der Waals surface area (Å²) in [5.41, 5.74) is 4.36. The predicted molar refractivity (Wildman–Crippen MR) is 143 cm³/mol. The number of primary amides is 1. The van der Waals surface area contributed by atoms with Crippen LogP contribution in [0.15, 0.2) is 24.3 Å². The second-order valence-electron chi connectivity index (χ2n) is 11.7. The van der Waals surface area contributed by atoms with Crippen LogP contribution < -0.4 is 21.1 Å². The number of epoxide rings is 1. The van der Waals surface area contributed by atoms with Gasteiger partial charge in [0, 0.05) is 12.3 Å². The molecular formula is C29H41N3O7. The van der Waals surface area contributed by atoms with Crippen molar-refractivity contribution in [2.45, 2.75) is 89.0 Å².